The SMILES string of the molecule is Cc1cc(C(NN)c2c(Cl)cnn2C)n(C)n1. The molecule has 0 aliphatic heterocycles. The van der Waals surface area contributed by atoms with Gasteiger partial charge in [0.2, 0.25) is 0 Å². The summed E-state index contributed by atoms with van der Waals surface area (Å²) in [5.74, 6) is 5.62. The van der Waals surface area contributed by atoms with E-state index in [-0.39, 0.29) is 6.04 Å². The summed E-state index contributed by atoms with van der Waals surface area (Å²) < 4.78 is 3.48. The van der Waals surface area contributed by atoms with Crippen molar-refractivity contribution < 1.29 is 0 Å². The molecular formula is C10H15ClN6. The van der Waals surface area contributed by atoms with E-state index in [0.717, 1.165) is 17.1 Å². The highest BCUT2D eigenvalue weighted by Crippen LogP contribution is 2.27. The molecule has 0 spiro atoms. The highest BCUT2D eigenvalue weighted by atomic mass is 35.5. The smallest absolute Gasteiger partial charge is 0.106 e. The summed E-state index contributed by atoms with van der Waals surface area (Å²) in [6.45, 7) is 1.93. The van der Waals surface area contributed by atoms with Crippen LogP contribution in [0.2, 0.25) is 5.02 Å². The van der Waals surface area contributed by atoms with E-state index < -0.39 is 0 Å². The van der Waals surface area contributed by atoms with Gasteiger partial charge in [-0.05, 0) is 13.0 Å². The molecule has 6 nitrogen and oxygen atoms in total. The summed E-state index contributed by atoms with van der Waals surface area (Å²) >= 11 is 6.12. The first-order chi connectivity index (χ1) is 8.04. The van der Waals surface area contributed by atoms with Crippen LogP contribution in [0.3, 0.4) is 0 Å². The Hall–Kier alpha value is -1.37. The van der Waals surface area contributed by atoms with Crippen LogP contribution >= 0.6 is 11.6 Å². The van der Waals surface area contributed by atoms with Gasteiger partial charge in [-0.2, -0.15) is 10.2 Å². The molecule has 0 aliphatic rings. The second-order valence-corrected chi connectivity index (χ2v) is 4.34. The Morgan fingerprint density at radius 3 is 2.53 bits per heavy atom. The van der Waals surface area contributed by atoms with Crippen LogP contribution in [0.4, 0.5) is 0 Å². The normalized spacial score (nSPS) is 13.0. The van der Waals surface area contributed by atoms with Crippen LogP contribution in [0, 0.1) is 6.92 Å². The van der Waals surface area contributed by atoms with Gasteiger partial charge in [0.15, 0.2) is 0 Å². The number of nitrogens with two attached hydrogens (primary N) is 1. The minimum Gasteiger partial charge on any atom is -0.270 e. The van der Waals surface area contributed by atoms with Gasteiger partial charge in [-0.1, -0.05) is 11.6 Å². The van der Waals surface area contributed by atoms with Gasteiger partial charge in [-0.3, -0.25) is 15.2 Å². The van der Waals surface area contributed by atoms with Crippen molar-refractivity contribution in [3.8, 4) is 0 Å². The first kappa shape index (κ1) is 12.1. The van der Waals surface area contributed by atoms with Crippen molar-refractivity contribution in [2.45, 2.75) is 13.0 Å². The van der Waals surface area contributed by atoms with Crippen molar-refractivity contribution in [3.05, 3.63) is 34.4 Å². The number of hydrogen-bond donors (Lipinski definition) is 2. The van der Waals surface area contributed by atoms with E-state index in [2.05, 4.69) is 15.6 Å². The number of rotatable bonds is 3. The Kier molecular flexibility index (Phi) is 3.19. The van der Waals surface area contributed by atoms with Crippen molar-refractivity contribution in [2.24, 2.45) is 19.9 Å². The Labute approximate surface area is 104 Å². The number of aromatic nitrogens is 4. The molecule has 0 fully saturated rings. The second kappa shape index (κ2) is 4.48. The van der Waals surface area contributed by atoms with E-state index in [9.17, 15) is 0 Å². The predicted octanol–water partition coefficient (Wildman–Crippen LogP) is 0.668. The molecule has 2 aromatic rings. The molecule has 2 rings (SSSR count). The lowest BCUT2D eigenvalue weighted by Gasteiger charge is -2.17. The van der Waals surface area contributed by atoms with E-state index in [4.69, 9.17) is 17.4 Å². The van der Waals surface area contributed by atoms with Gasteiger partial charge in [0.05, 0.1) is 28.3 Å². The average molecular weight is 255 g/mol. The van der Waals surface area contributed by atoms with Crippen molar-refractivity contribution >= 4 is 11.6 Å². The van der Waals surface area contributed by atoms with Crippen LogP contribution < -0.4 is 11.3 Å². The number of halogens is 1. The molecule has 2 heterocycles. The first-order valence-corrected chi connectivity index (χ1v) is 5.56. The second-order valence-electron chi connectivity index (χ2n) is 3.94. The van der Waals surface area contributed by atoms with E-state index in [1.54, 1.807) is 15.6 Å². The summed E-state index contributed by atoms with van der Waals surface area (Å²) in [6, 6.07) is 1.73. The minimum atomic E-state index is -0.235. The van der Waals surface area contributed by atoms with Crippen LogP contribution in [-0.2, 0) is 14.1 Å². The molecule has 0 saturated carbocycles. The van der Waals surface area contributed by atoms with Crippen LogP contribution in [0.1, 0.15) is 23.1 Å². The van der Waals surface area contributed by atoms with Crippen LogP contribution in [0.25, 0.3) is 0 Å². The highest BCUT2D eigenvalue weighted by molar-refractivity contribution is 6.31. The van der Waals surface area contributed by atoms with Gasteiger partial charge in [0, 0.05) is 14.1 Å². The van der Waals surface area contributed by atoms with Crippen molar-refractivity contribution in [3.63, 3.8) is 0 Å². The maximum Gasteiger partial charge on any atom is 0.106 e. The Morgan fingerprint density at radius 1 is 1.41 bits per heavy atom. The maximum atomic E-state index is 6.12. The van der Waals surface area contributed by atoms with Crippen LogP contribution in [0.5, 0.6) is 0 Å². The zero-order chi connectivity index (χ0) is 12.6. The zero-order valence-corrected chi connectivity index (χ0v) is 10.7. The number of aryl methyl sites for hydroxylation is 3. The fraction of sp³-hybridized carbons (Fsp3) is 0.400. The van der Waals surface area contributed by atoms with Gasteiger partial charge in [0.1, 0.15) is 6.04 Å². The molecule has 1 atom stereocenters. The van der Waals surface area contributed by atoms with E-state index in [1.165, 1.54) is 0 Å². The summed E-state index contributed by atoms with van der Waals surface area (Å²) in [5.41, 5.74) is 5.44. The molecular weight excluding hydrogens is 240 g/mol. The van der Waals surface area contributed by atoms with Crippen LogP contribution in [-0.4, -0.2) is 19.6 Å². The summed E-state index contributed by atoms with van der Waals surface area (Å²) in [7, 11) is 3.70. The Balaban J connectivity index is 2.51. The molecule has 92 valence electrons. The van der Waals surface area contributed by atoms with Gasteiger partial charge in [0.25, 0.3) is 0 Å². The van der Waals surface area contributed by atoms with Crippen molar-refractivity contribution in [1.29, 1.82) is 0 Å². The largest absolute Gasteiger partial charge is 0.270 e. The van der Waals surface area contributed by atoms with E-state index in [0.29, 0.717) is 5.02 Å². The van der Waals surface area contributed by atoms with Gasteiger partial charge >= 0.3 is 0 Å². The molecule has 0 aliphatic carbocycles. The molecule has 0 saturated heterocycles. The highest BCUT2D eigenvalue weighted by Gasteiger charge is 2.22. The first-order valence-electron chi connectivity index (χ1n) is 5.18. The number of nitrogens with one attached hydrogen (secondary N) is 1. The molecule has 0 radical (unpaired) electrons. The van der Waals surface area contributed by atoms with E-state index in [1.807, 2.05) is 27.1 Å². The fourth-order valence-electron chi connectivity index (χ4n) is 1.95. The number of hydrogen-bond acceptors (Lipinski definition) is 4. The van der Waals surface area contributed by atoms with E-state index >= 15 is 0 Å². The summed E-state index contributed by atoms with van der Waals surface area (Å²) in [6.07, 6.45) is 1.60. The lowest BCUT2D eigenvalue weighted by Crippen LogP contribution is -2.32. The van der Waals surface area contributed by atoms with Crippen LogP contribution in [0.15, 0.2) is 12.3 Å². The fourth-order valence-corrected chi connectivity index (χ4v) is 2.23. The van der Waals surface area contributed by atoms with Gasteiger partial charge in [-0.15, -0.1) is 0 Å². The third-order valence-corrected chi connectivity index (χ3v) is 3.00. The Morgan fingerprint density at radius 2 is 2.12 bits per heavy atom. The molecule has 3 N–H and O–H groups in total. The maximum absolute atomic E-state index is 6.12. The molecule has 0 aromatic carbocycles. The third kappa shape index (κ3) is 2.06. The summed E-state index contributed by atoms with van der Waals surface area (Å²) in [5, 5.41) is 8.98. The minimum absolute atomic E-state index is 0.235. The molecule has 1 unspecified atom stereocenters. The van der Waals surface area contributed by atoms with Crippen molar-refractivity contribution in [1.82, 2.24) is 25.0 Å². The van der Waals surface area contributed by atoms with Crippen molar-refractivity contribution in [2.75, 3.05) is 0 Å². The van der Waals surface area contributed by atoms with Gasteiger partial charge in [-0.25, -0.2) is 5.43 Å². The summed E-state index contributed by atoms with van der Waals surface area (Å²) in [4.78, 5) is 0. The lowest BCUT2D eigenvalue weighted by molar-refractivity contribution is 0.535. The predicted molar refractivity (Wildman–Crippen MR) is 65.3 cm³/mol. The molecule has 0 bridgehead atoms. The average Bonchev–Trinajstić information content (AvgIpc) is 2.76. The quantitative estimate of drug-likeness (QED) is 0.624. The Bertz CT molecular complexity index is 509. The molecule has 2 aromatic heterocycles. The van der Waals surface area contributed by atoms with Gasteiger partial charge < -0.3 is 0 Å². The number of hydrazine groups is 1. The third-order valence-electron chi connectivity index (χ3n) is 2.71. The topological polar surface area (TPSA) is 73.7 Å². The zero-order valence-electron chi connectivity index (χ0n) is 9.98. The standard InChI is InChI=1S/C10H15ClN6/c1-6-4-8(16(2)15-6)9(14-12)10-7(11)5-13-17(10)3/h4-5,9,14H,12H2,1-3H3. The lowest BCUT2D eigenvalue weighted by atomic mass is 10.1. The number of nitrogens with zero attached hydrogens (tertiary/aromatic N) is 4. The molecule has 17 heavy (non-hydrogen) atoms. The molecule has 0 amide bonds. The monoisotopic (exact) mass is 254 g/mol. The molecule has 7 heteroatoms.